The maximum Gasteiger partial charge on any atom is 0.346 e. The molecule has 2 aromatic rings. The lowest BCUT2D eigenvalue weighted by atomic mass is 10.2. The number of nitrogens with two attached hydrogens (primary N) is 1. The number of esters is 1. The Kier molecular flexibility index (Phi) is 6.21. The molecule has 8 heteroatoms. The molecule has 8 nitrogen and oxygen atoms in total. The molecule has 0 fully saturated rings. The van der Waals surface area contributed by atoms with Gasteiger partial charge in [-0.3, -0.25) is 4.79 Å². The number of benzene rings is 1. The Labute approximate surface area is 152 Å². The van der Waals surface area contributed by atoms with Crippen molar-refractivity contribution >= 4 is 29.1 Å². The topological polar surface area (TPSA) is 111 Å². The molecule has 0 saturated carbocycles. The molecule has 2 rings (SSSR count). The third kappa shape index (κ3) is 4.53. The minimum atomic E-state index is -0.748. The summed E-state index contributed by atoms with van der Waals surface area (Å²) in [6.45, 7) is 8.36. The summed E-state index contributed by atoms with van der Waals surface area (Å²) in [5.41, 5.74) is 7.56. The number of amides is 1. The fourth-order valence-electron chi connectivity index (χ4n) is 2.62. The summed E-state index contributed by atoms with van der Waals surface area (Å²) in [6, 6.07) is 7.87. The van der Waals surface area contributed by atoms with Crippen LogP contribution in [0.3, 0.4) is 0 Å². The highest BCUT2D eigenvalue weighted by Gasteiger charge is 2.20. The first kappa shape index (κ1) is 19.3. The monoisotopic (exact) mass is 360 g/mol. The summed E-state index contributed by atoms with van der Waals surface area (Å²) in [5, 5.41) is 6.25. The van der Waals surface area contributed by atoms with Gasteiger partial charge in [-0.05, 0) is 52.0 Å². The number of aromatic nitrogens is 1. The van der Waals surface area contributed by atoms with E-state index in [0.717, 1.165) is 12.2 Å². The van der Waals surface area contributed by atoms with Gasteiger partial charge in [-0.1, -0.05) is 5.16 Å². The fourth-order valence-corrected chi connectivity index (χ4v) is 2.62. The summed E-state index contributed by atoms with van der Waals surface area (Å²) >= 11 is 0. The van der Waals surface area contributed by atoms with Crippen molar-refractivity contribution in [2.75, 3.05) is 29.1 Å². The lowest BCUT2D eigenvalue weighted by Crippen LogP contribution is -2.30. The number of anilines is 3. The van der Waals surface area contributed by atoms with E-state index < -0.39 is 18.5 Å². The number of carbonyl (C=O) groups is 2. The second-order valence-corrected chi connectivity index (χ2v) is 6.06. The van der Waals surface area contributed by atoms with E-state index in [1.807, 2.05) is 24.3 Å². The van der Waals surface area contributed by atoms with Gasteiger partial charge in [-0.2, -0.15) is 0 Å². The van der Waals surface area contributed by atoms with E-state index in [1.165, 1.54) is 0 Å². The number of hydrogen-bond donors (Lipinski definition) is 2. The van der Waals surface area contributed by atoms with Crippen LogP contribution in [0, 0.1) is 6.92 Å². The molecule has 0 aliphatic heterocycles. The number of ether oxygens (including phenoxy) is 1. The molecular formula is C18H24N4O4. The highest BCUT2D eigenvalue weighted by Crippen LogP contribution is 2.20. The van der Waals surface area contributed by atoms with Crippen LogP contribution in [0.15, 0.2) is 28.8 Å². The number of nitrogens with zero attached hydrogens (tertiary/aromatic N) is 2. The van der Waals surface area contributed by atoms with Crippen molar-refractivity contribution in [3.63, 3.8) is 0 Å². The lowest BCUT2D eigenvalue weighted by Gasteiger charge is -2.27. The molecule has 0 unspecified atom stereocenters. The number of nitrogens with one attached hydrogen (secondary N) is 1. The maximum atomic E-state index is 12.0. The molecular weight excluding hydrogens is 336 g/mol. The third-order valence-corrected chi connectivity index (χ3v) is 3.87. The van der Waals surface area contributed by atoms with Crippen molar-refractivity contribution in [2.24, 2.45) is 0 Å². The Hall–Kier alpha value is -3.03. The molecule has 0 saturated heterocycles. The average molecular weight is 360 g/mol. The zero-order valence-corrected chi connectivity index (χ0v) is 15.4. The summed E-state index contributed by atoms with van der Waals surface area (Å²) in [7, 11) is 0. The van der Waals surface area contributed by atoms with Crippen LogP contribution in [0.25, 0.3) is 0 Å². The van der Waals surface area contributed by atoms with Crippen LogP contribution >= 0.6 is 0 Å². The Bertz CT molecular complexity index is 748. The quantitative estimate of drug-likeness (QED) is 0.730. The molecule has 0 aliphatic rings. The molecule has 0 atom stereocenters. The number of rotatable bonds is 7. The van der Waals surface area contributed by atoms with E-state index in [0.29, 0.717) is 17.4 Å². The molecule has 1 heterocycles. The van der Waals surface area contributed by atoms with Gasteiger partial charge in [0.1, 0.15) is 5.56 Å². The first-order chi connectivity index (χ1) is 12.3. The van der Waals surface area contributed by atoms with E-state index in [9.17, 15) is 9.59 Å². The number of aryl methyl sites for hydroxylation is 1. The van der Waals surface area contributed by atoms with Crippen molar-refractivity contribution in [3.05, 3.63) is 35.5 Å². The van der Waals surface area contributed by atoms with Gasteiger partial charge in [0.25, 0.3) is 5.91 Å². The molecule has 0 radical (unpaired) electrons. The van der Waals surface area contributed by atoms with Crippen molar-refractivity contribution in [3.8, 4) is 0 Å². The van der Waals surface area contributed by atoms with Crippen molar-refractivity contribution < 1.29 is 18.8 Å². The van der Waals surface area contributed by atoms with Crippen molar-refractivity contribution in [1.29, 1.82) is 0 Å². The van der Waals surface area contributed by atoms with Gasteiger partial charge in [0.2, 0.25) is 5.88 Å². The number of hydrogen-bond acceptors (Lipinski definition) is 7. The predicted molar refractivity (Wildman–Crippen MR) is 99.2 cm³/mol. The Morgan fingerprint density at radius 2 is 1.96 bits per heavy atom. The second kappa shape index (κ2) is 8.37. The van der Waals surface area contributed by atoms with Crippen LogP contribution < -0.4 is 16.0 Å². The second-order valence-electron chi connectivity index (χ2n) is 6.06. The third-order valence-electron chi connectivity index (χ3n) is 3.87. The van der Waals surface area contributed by atoms with Gasteiger partial charge in [0.15, 0.2) is 6.61 Å². The zero-order valence-electron chi connectivity index (χ0n) is 15.4. The van der Waals surface area contributed by atoms with Crippen molar-refractivity contribution in [2.45, 2.75) is 33.7 Å². The molecule has 1 aromatic carbocycles. The first-order valence-electron chi connectivity index (χ1n) is 8.38. The van der Waals surface area contributed by atoms with Crippen LogP contribution in [0.4, 0.5) is 17.3 Å². The molecule has 3 N–H and O–H groups in total. The Morgan fingerprint density at radius 3 is 2.46 bits per heavy atom. The predicted octanol–water partition coefficient (Wildman–Crippen LogP) is 2.60. The van der Waals surface area contributed by atoms with Crippen LogP contribution in [-0.2, 0) is 9.53 Å². The maximum absolute atomic E-state index is 12.0. The van der Waals surface area contributed by atoms with Gasteiger partial charge in [0.05, 0.1) is 5.69 Å². The van der Waals surface area contributed by atoms with Crippen LogP contribution in [0.1, 0.15) is 36.8 Å². The van der Waals surface area contributed by atoms with Crippen LogP contribution in [0.2, 0.25) is 0 Å². The van der Waals surface area contributed by atoms with Gasteiger partial charge >= 0.3 is 5.97 Å². The summed E-state index contributed by atoms with van der Waals surface area (Å²) in [6.07, 6.45) is 0. The normalized spacial score (nSPS) is 10.7. The lowest BCUT2D eigenvalue weighted by molar-refractivity contribution is -0.119. The van der Waals surface area contributed by atoms with Crippen LogP contribution in [-0.4, -0.2) is 36.2 Å². The SMILES string of the molecule is CCN(c1ccc(NC(=O)COC(=O)c2c(C)noc2N)cc1)C(C)C. The highest BCUT2D eigenvalue weighted by molar-refractivity contribution is 5.98. The van der Waals surface area contributed by atoms with E-state index in [1.54, 1.807) is 6.92 Å². The van der Waals surface area contributed by atoms with Gasteiger partial charge in [-0.15, -0.1) is 0 Å². The zero-order chi connectivity index (χ0) is 19.3. The van der Waals surface area contributed by atoms with Gasteiger partial charge < -0.3 is 25.2 Å². The molecule has 1 aromatic heterocycles. The van der Waals surface area contributed by atoms with Gasteiger partial charge in [-0.25, -0.2) is 4.79 Å². The fraction of sp³-hybridized carbons (Fsp3) is 0.389. The molecule has 140 valence electrons. The van der Waals surface area contributed by atoms with E-state index in [2.05, 4.69) is 36.1 Å². The Balaban J connectivity index is 1.91. The van der Waals surface area contributed by atoms with Crippen molar-refractivity contribution in [1.82, 2.24) is 5.16 Å². The van der Waals surface area contributed by atoms with E-state index in [4.69, 9.17) is 15.0 Å². The molecule has 0 aliphatic carbocycles. The van der Waals surface area contributed by atoms with E-state index >= 15 is 0 Å². The number of nitrogen functional groups attached to an aromatic ring is 1. The molecule has 0 bridgehead atoms. The largest absolute Gasteiger partial charge is 0.452 e. The standard InChI is InChI=1S/C18H24N4O4/c1-5-22(11(2)3)14-8-6-13(7-9-14)20-15(23)10-25-18(24)16-12(4)21-26-17(16)19/h6-9,11H,5,10,19H2,1-4H3,(H,20,23). The smallest absolute Gasteiger partial charge is 0.346 e. The summed E-state index contributed by atoms with van der Waals surface area (Å²) < 4.78 is 9.65. The number of carbonyl (C=O) groups excluding carboxylic acids is 2. The van der Waals surface area contributed by atoms with E-state index in [-0.39, 0.29) is 11.4 Å². The first-order valence-corrected chi connectivity index (χ1v) is 8.38. The summed E-state index contributed by atoms with van der Waals surface area (Å²) in [5.74, 6) is -1.33. The molecule has 0 spiro atoms. The highest BCUT2D eigenvalue weighted by atomic mass is 16.5. The average Bonchev–Trinajstić information content (AvgIpc) is 2.93. The van der Waals surface area contributed by atoms with Gasteiger partial charge in [0, 0.05) is 24.0 Å². The molecule has 26 heavy (non-hydrogen) atoms. The molecule has 1 amide bonds. The van der Waals surface area contributed by atoms with Crippen LogP contribution in [0.5, 0.6) is 0 Å². The minimum Gasteiger partial charge on any atom is -0.452 e. The Morgan fingerprint density at radius 1 is 1.31 bits per heavy atom. The summed E-state index contributed by atoms with van der Waals surface area (Å²) in [4.78, 5) is 26.1. The minimum absolute atomic E-state index is 0.0375.